The largest absolute Gasteiger partial charge is 0.491 e. The van der Waals surface area contributed by atoms with Crippen molar-refractivity contribution in [2.75, 3.05) is 0 Å². The molecule has 0 aliphatic heterocycles. The molecule has 0 unspecified atom stereocenters. The zero-order valence-electron chi connectivity index (χ0n) is 3.88. The molecule has 0 spiro atoms. The molecule has 32 valence electrons. The summed E-state index contributed by atoms with van der Waals surface area (Å²) in [5.74, 6) is -0.245. The molecule has 3 nitrogen and oxygen atoms in total. The predicted octanol–water partition coefficient (Wildman–Crippen LogP) is 0.380. The van der Waals surface area contributed by atoms with E-state index < -0.39 is 0 Å². The molecular weight excluding hydrogens is 82.0 g/mol. The van der Waals surface area contributed by atoms with Gasteiger partial charge in [0.15, 0.2) is 0 Å². The molecule has 0 aliphatic carbocycles. The first-order chi connectivity index (χ1) is 3.29. The van der Waals surface area contributed by atoms with E-state index in [0.29, 0.717) is 0 Å². The first-order valence-corrected chi connectivity index (χ1v) is 1.41. The molecule has 0 aromatic carbocycles. The lowest BCUT2D eigenvalue weighted by Crippen LogP contribution is -1.51. The van der Waals surface area contributed by atoms with Gasteiger partial charge in [0.05, 0.1) is 0 Å². The van der Waals surface area contributed by atoms with Crippen LogP contribution < -0.4 is 0 Å². The molecule has 0 fully saturated rings. The van der Waals surface area contributed by atoms with Gasteiger partial charge >= 0.3 is 0 Å². The third-order valence-electron chi connectivity index (χ3n) is 0.380. The van der Waals surface area contributed by atoms with Crippen molar-refractivity contribution in [3.8, 4) is 5.88 Å². The summed E-state index contributed by atoms with van der Waals surface area (Å²) < 4.78 is 10.8. The summed E-state index contributed by atoms with van der Waals surface area (Å²) >= 11 is 0. The van der Waals surface area contributed by atoms with Crippen LogP contribution in [0.25, 0.3) is 0 Å². The van der Waals surface area contributed by atoms with Gasteiger partial charge in [0.1, 0.15) is 7.61 Å². The average molecular weight is 86.1 g/mol. The third-order valence-corrected chi connectivity index (χ3v) is 0.380. The van der Waals surface area contributed by atoms with Gasteiger partial charge in [0, 0.05) is 6.07 Å². The van der Waals surface area contributed by atoms with Crippen molar-refractivity contribution in [2.45, 2.75) is 0 Å². The molecule has 0 aliphatic rings. The molecule has 6 heavy (non-hydrogen) atoms. The molecule has 0 saturated carbocycles. The van der Waals surface area contributed by atoms with Gasteiger partial charge in [-0.2, -0.15) is 0 Å². The average Bonchev–Trinajstić information content (AvgIpc) is 1.87. The maximum Gasteiger partial charge on any atom is 0.251 e. The predicted molar refractivity (Wildman–Crippen MR) is 18.2 cm³/mol. The molecule has 0 radical (unpaired) electrons. The van der Waals surface area contributed by atoms with Gasteiger partial charge in [0.25, 0.3) is 5.88 Å². The Morgan fingerprint density at radius 2 is 3.00 bits per heavy atom. The molecule has 1 aromatic rings. The Bertz CT molecular complexity index is 145. The Morgan fingerprint density at radius 1 is 2.17 bits per heavy atom. The minimum Gasteiger partial charge on any atom is -0.491 e. The SMILES string of the molecule is [2H]c1cc(O)no1. The lowest BCUT2D eigenvalue weighted by Gasteiger charge is -1.64. The number of hydrogen-bond donors (Lipinski definition) is 1. The number of aromatic hydroxyl groups is 1. The molecule has 3 heteroatoms. The van der Waals surface area contributed by atoms with Crippen molar-refractivity contribution < 1.29 is 11.0 Å². The Hall–Kier alpha value is -0.990. The van der Waals surface area contributed by atoms with Crippen LogP contribution in [0, 0.1) is 0 Å². The number of aromatic nitrogens is 1. The quantitative estimate of drug-likeness (QED) is 0.496. The Morgan fingerprint density at radius 3 is 3.17 bits per heavy atom. The fourth-order valence-corrected chi connectivity index (χ4v) is 0.179. The van der Waals surface area contributed by atoms with Gasteiger partial charge in [-0.3, -0.25) is 0 Å². The van der Waals surface area contributed by atoms with Crippen molar-refractivity contribution in [3.05, 3.63) is 12.3 Å². The Labute approximate surface area is 35.6 Å². The van der Waals surface area contributed by atoms with Crippen LogP contribution in [0.2, 0.25) is 0 Å². The number of hydrogen-bond acceptors (Lipinski definition) is 3. The first-order valence-electron chi connectivity index (χ1n) is 1.91. The van der Waals surface area contributed by atoms with Gasteiger partial charge in [-0.25, -0.2) is 0 Å². The van der Waals surface area contributed by atoms with Crippen molar-refractivity contribution in [1.82, 2.24) is 5.16 Å². The van der Waals surface area contributed by atoms with Crippen LogP contribution in [-0.2, 0) is 0 Å². The highest BCUT2D eigenvalue weighted by Crippen LogP contribution is 1.97. The second kappa shape index (κ2) is 1.01. The molecule has 1 rings (SSSR count). The summed E-state index contributed by atoms with van der Waals surface area (Å²) in [6.45, 7) is 0. The lowest BCUT2D eigenvalue weighted by molar-refractivity contribution is 0.359. The fourth-order valence-electron chi connectivity index (χ4n) is 0.179. The smallest absolute Gasteiger partial charge is 0.251 e. The molecular formula is C3H3NO2. The minimum atomic E-state index is -0.245. The van der Waals surface area contributed by atoms with Crippen LogP contribution in [0.1, 0.15) is 1.37 Å². The summed E-state index contributed by atoms with van der Waals surface area (Å²) in [6, 6.07) is 1.11. The second-order valence-electron chi connectivity index (χ2n) is 0.803. The van der Waals surface area contributed by atoms with Crippen molar-refractivity contribution in [1.29, 1.82) is 0 Å². The van der Waals surface area contributed by atoms with Gasteiger partial charge in [-0.15, -0.1) is 0 Å². The Balaban J connectivity index is 3.04. The summed E-state index contributed by atoms with van der Waals surface area (Å²) in [4.78, 5) is 0. The zero-order valence-corrected chi connectivity index (χ0v) is 2.88. The highest BCUT2D eigenvalue weighted by molar-refractivity contribution is 4.97. The van der Waals surface area contributed by atoms with E-state index in [1.54, 1.807) is 0 Å². The van der Waals surface area contributed by atoms with Crippen molar-refractivity contribution in [2.24, 2.45) is 0 Å². The fraction of sp³-hybridized carbons (Fsp3) is 0. The number of nitrogens with zero attached hydrogens (tertiary/aromatic N) is 1. The third kappa shape index (κ3) is 0.337. The summed E-state index contributed by atoms with van der Waals surface area (Å²) in [7, 11) is 0. The van der Waals surface area contributed by atoms with Gasteiger partial charge in [0.2, 0.25) is 0 Å². The van der Waals surface area contributed by atoms with Gasteiger partial charge in [-0.05, 0) is 5.16 Å². The summed E-state index contributed by atoms with van der Waals surface area (Å²) in [5.41, 5.74) is 0. The normalized spacial score (nSPS) is 11.0. The van der Waals surface area contributed by atoms with Crippen LogP contribution in [0.15, 0.2) is 16.8 Å². The van der Waals surface area contributed by atoms with E-state index in [0.717, 1.165) is 6.07 Å². The van der Waals surface area contributed by atoms with Gasteiger partial charge < -0.3 is 9.63 Å². The lowest BCUT2D eigenvalue weighted by atomic mass is 10.7. The van der Waals surface area contributed by atoms with Crippen LogP contribution in [0.5, 0.6) is 5.88 Å². The maximum atomic E-state index is 8.33. The van der Waals surface area contributed by atoms with E-state index in [1.807, 2.05) is 0 Å². The van der Waals surface area contributed by atoms with Gasteiger partial charge in [-0.1, -0.05) is 0 Å². The molecule has 1 heterocycles. The highest BCUT2D eigenvalue weighted by atomic mass is 16.5. The maximum absolute atomic E-state index is 8.33. The van der Waals surface area contributed by atoms with Crippen LogP contribution >= 0.6 is 0 Å². The van der Waals surface area contributed by atoms with E-state index in [1.165, 1.54) is 0 Å². The Kier molecular flexibility index (Phi) is 0.374. The van der Waals surface area contributed by atoms with E-state index in [4.69, 9.17) is 6.48 Å². The van der Waals surface area contributed by atoms with E-state index in [9.17, 15) is 0 Å². The van der Waals surface area contributed by atoms with Crippen LogP contribution in [0.3, 0.4) is 0 Å². The van der Waals surface area contributed by atoms with Crippen LogP contribution in [-0.4, -0.2) is 10.3 Å². The van der Waals surface area contributed by atoms with Crippen molar-refractivity contribution in [3.63, 3.8) is 0 Å². The van der Waals surface area contributed by atoms with E-state index in [-0.39, 0.29) is 12.1 Å². The van der Waals surface area contributed by atoms with E-state index >= 15 is 0 Å². The topological polar surface area (TPSA) is 46.3 Å². The standard InChI is InChI=1S/C3H3NO2/c5-3-1-2-6-4-3/h1-2H,(H,4,5)/i2D. The second-order valence-corrected chi connectivity index (χ2v) is 0.803. The molecule has 1 N–H and O–H groups in total. The first kappa shape index (κ1) is 2.23. The summed E-state index contributed by atoms with van der Waals surface area (Å²) in [5, 5.41) is 11.3. The molecule has 0 saturated heterocycles. The zero-order chi connectivity index (χ0) is 5.28. The molecule has 0 amide bonds. The minimum absolute atomic E-state index is 0.127. The molecule has 1 aromatic heterocycles. The molecule has 0 atom stereocenters. The van der Waals surface area contributed by atoms with Crippen LogP contribution in [0.4, 0.5) is 0 Å². The number of rotatable bonds is 0. The molecule has 0 bridgehead atoms. The summed E-state index contributed by atoms with van der Waals surface area (Å²) in [6.07, 6.45) is -0.127. The highest BCUT2D eigenvalue weighted by Gasteiger charge is 1.81. The van der Waals surface area contributed by atoms with Crippen molar-refractivity contribution >= 4 is 0 Å². The van der Waals surface area contributed by atoms with E-state index in [2.05, 4.69) is 9.68 Å². The monoisotopic (exact) mass is 86.0 g/mol.